The quantitative estimate of drug-likeness (QED) is 0.113. The Morgan fingerprint density at radius 1 is 0.553 bits per heavy atom. The Bertz CT molecular complexity index is 1660. The van der Waals surface area contributed by atoms with E-state index in [2.05, 4.69) is 107 Å². The molecular formula is C42H46O4Si. The van der Waals surface area contributed by atoms with E-state index in [0.29, 0.717) is 37.1 Å². The van der Waals surface area contributed by atoms with Crippen molar-refractivity contribution >= 4 is 14.4 Å². The largest absolute Gasteiger partial charge is 0.543 e. The summed E-state index contributed by atoms with van der Waals surface area (Å²) in [4.78, 5) is 0. The third-order valence-corrected chi connectivity index (χ3v) is 12.9. The molecular weight excluding hydrogens is 597 g/mol. The molecule has 5 aromatic rings. The maximum atomic E-state index is 6.71. The van der Waals surface area contributed by atoms with E-state index < -0.39 is 8.32 Å². The molecule has 0 saturated heterocycles. The fourth-order valence-electron chi connectivity index (χ4n) is 4.77. The Hall–Kier alpha value is -4.74. The van der Waals surface area contributed by atoms with E-state index in [9.17, 15) is 0 Å². The predicted molar refractivity (Wildman–Crippen MR) is 196 cm³/mol. The van der Waals surface area contributed by atoms with Gasteiger partial charge in [-0.05, 0) is 70.6 Å². The first-order chi connectivity index (χ1) is 22.7. The number of benzene rings is 5. The van der Waals surface area contributed by atoms with Gasteiger partial charge in [0.25, 0.3) is 0 Å². The molecule has 0 aliphatic rings. The van der Waals surface area contributed by atoms with Gasteiger partial charge in [0.2, 0.25) is 14.1 Å². The molecule has 5 heteroatoms. The Morgan fingerprint density at radius 3 is 1.49 bits per heavy atom. The number of hydrogen-bond donors (Lipinski definition) is 0. The molecule has 0 fully saturated rings. The van der Waals surface area contributed by atoms with E-state index in [1.165, 1.54) is 0 Å². The van der Waals surface area contributed by atoms with Crippen LogP contribution in [-0.2, 0) is 26.2 Å². The van der Waals surface area contributed by atoms with E-state index in [0.717, 1.165) is 40.0 Å². The molecule has 0 unspecified atom stereocenters. The Kier molecular flexibility index (Phi) is 11.2. The van der Waals surface area contributed by atoms with Crippen LogP contribution < -0.4 is 18.6 Å². The second-order valence-corrected chi connectivity index (χ2v) is 18.0. The van der Waals surface area contributed by atoms with Gasteiger partial charge in [0.05, 0.1) is 0 Å². The minimum Gasteiger partial charge on any atom is -0.543 e. The summed E-state index contributed by atoms with van der Waals surface area (Å²) >= 11 is 0. The van der Waals surface area contributed by atoms with Crippen LogP contribution in [0.25, 0.3) is 6.08 Å². The number of allylic oxidation sites excluding steroid dienone is 1. The topological polar surface area (TPSA) is 36.9 Å². The molecule has 0 saturated carbocycles. The minimum absolute atomic E-state index is 0.118. The molecule has 0 spiro atoms. The molecule has 0 amide bonds. The highest BCUT2D eigenvalue weighted by atomic mass is 28.4. The lowest BCUT2D eigenvalue weighted by atomic mass is 10.1. The molecule has 0 radical (unpaired) electrons. The van der Waals surface area contributed by atoms with Gasteiger partial charge < -0.3 is 18.6 Å². The van der Waals surface area contributed by atoms with Crippen molar-refractivity contribution in [3.63, 3.8) is 0 Å². The van der Waals surface area contributed by atoms with Gasteiger partial charge in [0, 0.05) is 0 Å². The maximum absolute atomic E-state index is 6.71. The summed E-state index contributed by atoms with van der Waals surface area (Å²) < 4.78 is 26.1. The van der Waals surface area contributed by atoms with Crippen LogP contribution in [0.3, 0.4) is 0 Å². The highest BCUT2D eigenvalue weighted by Crippen LogP contribution is 2.41. The summed E-state index contributed by atoms with van der Waals surface area (Å²) in [6.45, 7) is 12.6. The van der Waals surface area contributed by atoms with E-state index in [4.69, 9.17) is 18.6 Å². The Balaban J connectivity index is 1.45. The van der Waals surface area contributed by atoms with Crippen LogP contribution in [-0.4, -0.2) is 8.32 Å². The van der Waals surface area contributed by atoms with Crippen LogP contribution in [0.4, 0.5) is 0 Å². The third kappa shape index (κ3) is 9.63. The second kappa shape index (κ2) is 15.7. The standard InChI is InChI=1S/C42H46O4Si/c1-42(2,3)47(4,5)46-38-27-16-15-25-37(38)26-17-24-36-28-39(43-30-33-18-9-6-10-19-33)41(45-32-35-22-13-8-14-23-35)40(29-36)44-31-34-20-11-7-12-21-34/h6-25,27-29H,26,30-32H2,1-5H3/b24-17-. The Morgan fingerprint density at radius 2 is 1.00 bits per heavy atom. The summed E-state index contributed by atoms with van der Waals surface area (Å²) in [5.41, 5.74) is 5.35. The first-order valence-electron chi connectivity index (χ1n) is 16.3. The van der Waals surface area contributed by atoms with Gasteiger partial charge >= 0.3 is 0 Å². The van der Waals surface area contributed by atoms with Gasteiger partial charge in [-0.25, -0.2) is 0 Å². The molecule has 0 aliphatic carbocycles. The lowest BCUT2D eigenvalue weighted by Gasteiger charge is -2.37. The van der Waals surface area contributed by atoms with Gasteiger partial charge in [-0.15, -0.1) is 0 Å². The minimum atomic E-state index is -1.98. The molecule has 242 valence electrons. The molecule has 47 heavy (non-hydrogen) atoms. The van der Waals surface area contributed by atoms with Crippen molar-refractivity contribution in [3.8, 4) is 23.0 Å². The first-order valence-corrected chi connectivity index (χ1v) is 19.2. The van der Waals surface area contributed by atoms with Gasteiger partial charge in [-0.3, -0.25) is 0 Å². The zero-order chi connectivity index (χ0) is 33.1. The van der Waals surface area contributed by atoms with Crippen molar-refractivity contribution in [2.45, 2.75) is 65.1 Å². The summed E-state index contributed by atoms with van der Waals surface area (Å²) in [6.07, 6.45) is 5.03. The van der Waals surface area contributed by atoms with E-state index in [1.54, 1.807) is 0 Å². The van der Waals surface area contributed by atoms with Gasteiger partial charge in [0.1, 0.15) is 25.6 Å². The van der Waals surface area contributed by atoms with Crippen LogP contribution in [0.2, 0.25) is 18.1 Å². The summed E-state index contributed by atoms with van der Waals surface area (Å²) in [5.74, 6) is 2.83. The van der Waals surface area contributed by atoms with Gasteiger partial charge in [-0.1, -0.05) is 142 Å². The number of ether oxygens (including phenoxy) is 3. The smallest absolute Gasteiger partial charge is 0.250 e. The van der Waals surface area contributed by atoms with Crippen molar-refractivity contribution in [1.82, 2.24) is 0 Å². The molecule has 0 aromatic heterocycles. The average Bonchev–Trinajstić information content (AvgIpc) is 3.07. The molecule has 0 aliphatic heterocycles. The van der Waals surface area contributed by atoms with Crippen LogP contribution >= 0.6 is 0 Å². The molecule has 0 atom stereocenters. The molecule has 4 nitrogen and oxygen atoms in total. The number of hydrogen-bond acceptors (Lipinski definition) is 4. The van der Waals surface area contributed by atoms with Crippen LogP contribution in [0.5, 0.6) is 23.0 Å². The van der Waals surface area contributed by atoms with E-state index in [-0.39, 0.29) is 5.04 Å². The highest BCUT2D eigenvalue weighted by Gasteiger charge is 2.39. The van der Waals surface area contributed by atoms with Crippen molar-refractivity contribution in [2.24, 2.45) is 0 Å². The zero-order valence-corrected chi connectivity index (χ0v) is 29.2. The van der Waals surface area contributed by atoms with Crippen LogP contribution in [0, 0.1) is 0 Å². The molecule has 5 aromatic carbocycles. The second-order valence-electron chi connectivity index (χ2n) is 13.2. The zero-order valence-electron chi connectivity index (χ0n) is 28.2. The summed E-state index contributed by atoms with van der Waals surface area (Å²) in [5, 5.41) is 0.118. The maximum Gasteiger partial charge on any atom is 0.250 e. The van der Waals surface area contributed by atoms with Gasteiger partial charge in [0.15, 0.2) is 11.5 Å². The lowest BCUT2D eigenvalue weighted by molar-refractivity contribution is 0.230. The lowest BCUT2D eigenvalue weighted by Crippen LogP contribution is -2.44. The van der Waals surface area contributed by atoms with Crippen LogP contribution in [0.15, 0.2) is 133 Å². The molecule has 0 N–H and O–H groups in total. The van der Waals surface area contributed by atoms with E-state index >= 15 is 0 Å². The number of para-hydroxylation sites is 1. The highest BCUT2D eigenvalue weighted by molar-refractivity contribution is 6.74. The SMILES string of the molecule is CC(C)(C)[Si](C)(C)Oc1ccccc1C/C=C\c1cc(OCc2ccccc2)c(OCc2ccccc2)c(OCc2ccccc2)c1. The fourth-order valence-corrected chi connectivity index (χ4v) is 5.83. The van der Waals surface area contributed by atoms with Crippen molar-refractivity contribution in [1.29, 1.82) is 0 Å². The van der Waals surface area contributed by atoms with Gasteiger partial charge in [-0.2, -0.15) is 0 Å². The summed E-state index contributed by atoms with van der Waals surface area (Å²) in [6, 6.07) is 42.9. The Labute approximate surface area is 281 Å². The summed E-state index contributed by atoms with van der Waals surface area (Å²) in [7, 11) is -1.98. The van der Waals surface area contributed by atoms with Crippen molar-refractivity contribution < 1.29 is 18.6 Å². The first kappa shape index (κ1) is 33.6. The molecule has 0 bridgehead atoms. The average molecular weight is 643 g/mol. The normalized spacial score (nSPS) is 11.8. The van der Waals surface area contributed by atoms with Crippen LogP contribution in [0.1, 0.15) is 48.6 Å². The number of rotatable bonds is 14. The fraction of sp³-hybridized carbons (Fsp3) is 0.238. The predicted octanol–water partition coefficient (Wildman–Crippen LogP) is 11.1. The molecule has 5 rings (SSSR count). The van der Waals surface area contributed by atoms with Crippen molar-refractivity contribution in [3.05, 3.63) is 161 Å². The third-order valence-electron chi connectivity index (χ3n) is 8.54. The van der Waals surface area contributed by atoms with E-state index in [1.807, 2.05) is 66.7 Å². The molecule has 0 heterocycles. The van der Waals surface area contributed by atoms with Crippen molar-refractivity contribution in [2.75, 3.05) is 0 Å². The monoisotopic (exact) mass is 642 g/mol.